The van der Waals surface area contributed by atoms with E-state index in [1.165, 1.54) is 11.8 Å². The zero-order chi connectivity index (χ0) is 16.0. The van der Waals surface area contributed by atoms with Crippen LogP contribution < -0.4 is 4.90 Å². The highest BCUT2D eigenvalue weighted by atomic mass is 32.2. The highest BCUT2D eigenvalue weighted by molar-refractivity contribution is 7.99. The van der Waals surface area contributed by atoms with Crippen LogP contribution in [0.2, 0.25) is 0 Å². The Balaban J connectivity index is 2.96. The summed E-state index contributed by atoms with van der Waals surface area (Å²) in [5.74, 6) is -0.0416. The molecule has 0 aliphatic rings. The third kappa shape index (κ3) is 4.89. The molecule has 21 heavy (non-hydrogen) atoms. The summed E-state index contributed by atoms with van der Waals surface area (Å²) in [7, 11) is 4.09. The van der Waals surface area contributed by atoms with E-state index in [-0.39, 0.29) is 5.75 Å². The number of carboxylic acid groups (broad SMARTS) is 1. The number of likely N-dealkylation sites (N-methyl/N-ethyl adjacent to an activating group) is 2. The van der Waals surface area contributed by atoms with Gasteiger partial charge in [-0.05, 0) is 34.9 Å². The monoisotopic (exact) mass is 315 g/mol. The Hall–Kier alpha value is -1.28. The Kier molecular flexibility index (Phi) is 6.97. The number of rotatable bonds is 9. The van der Waals surface area contributed by atoms with Crippen LogP contribution in [0, 0.1) is 0 Å². The van der Waals surface area contributed by atoms with Gasteiger partial charge < -0.3 is 14.9 Å². The average Bonchev–Trinajstić information content (AvgIpc) is 2.79. The molecule has 0 saturated heterocycles. The first-order valence-electron chi connectivity index (χ1n) is 7.09. The summed E-state index contributed by atoms with van der Waals surface area (Å²) in [6.07, 6.45) is 0. The van der Waals surface area contributed by atoms with Crippen molar-refractivity contribution in [2.45, 2.75) is 38.5 Å². The molecule has 0 aliphatic heterocycles. The number of thioether (sulfide) groups is 1. The van der Waals surface area contributed by atoms with Crippen molar-refractivity contribution in [1.82, 2.24) is 19.7 Å². The quantitative estimate of drug-likeness (QED) is 0.687. The molecule has 7 nitrogen and oxygen atoms in total. The van der Waals surface area contributed by atoms with Crippen molar-refractivity contribution in [2.75, 3.05) is 37.8 Å². The van der Waals surface area contributed by atoms with Gasteiger partial charge in [0.1, 0.15) is 0 Å². The van der Waals surface area contributed by atoms with Crippen molar-refractivity contribution in [3.63, 3.8) is 0 Å². The van der Waals surface area contributed by atoms with E-state index in [4.69, 9.17) is 5.11 Å². The number of carbonyl (C=O) groups is 1. The van der Waals surface area contributed by atoms with Crippen molar-refractivity contribution in [1.29, 1.82) is 0 Å². The molecule has 0 fully saturated rings. The lowest BCUT2D eigenvalue weighted by Crippen LogP contribution is -2.41. The summed E-state index contributed by atoms with van der Waals surface area (Å²) in [6, 6.07) is 0.303. The Morgan fingerprint density at radius 2 is 2.05 bits per heavy atom. The first-order chi connectivity index (χ1) is 9.90. The lowest BCUT2D eigenvalue weighted by atomic mass is 10.3. The van der Waals surface area contributed by atoms with Gasteiger partial charge in [0.05, 0.1) is 5.75 Å². The van der Waals surface area contributed by atoms with Crippen molar-refractivity contribution >= 4 is 23.7 Å². The van der Waals surface area contributed by atoms with Gasteiger partial charge in [0.15, 0.2) is 5.16 Å². The number of aliphatic carboxylic acids is 1. The molecule has 1 aromatic rings. The summed E-state index contributed by atoms with van der Waals surface area (Å²) < 4.78 is 1.98. The topological polar surface area (TPSA) is 74.5 Å². The summed E-state index contributed by atoms with van der Waals surface area (Å²) >= 11 is 1.21. The zero-order valence-electron chi connectivity index (χ0n) is 13.4. The van der Waals surface area contributed by atoms with Crippen LogP contribution in [-0.2, 0) is 11.3 Å². The maximum atomic E-state index is 10.7. The Bertz CT molecular complexity index is 463. The van der Waals surface area contributed by atoms with Gasteiger partial charge >= 0.3 is 5.97 Å². The van der Waals surface area contributed by atoms with Crippen molar-refractivity contribution < 1.29 is 9.90 Å². The molecule has 120 valence electrons. The predicted molar refractivity (Wildman–Crippen MR) is 85.1 cm³/mol. The summed E-state index contributed by atoms with van der Waals surface area (Å²) in [4.78, 5) is 15.0. The van der Waals surface area contributed by atoms with Crippen molar-refractivity contribution in [2.24, 2.45) is 0 Å². The van der Waals surface area contributed by atoms with Crippen molar-refractivity contribution in [3.8, 4) is 0 Å². The van der Waals surface area contributed by atoms with Crippen LogP contribution in [0.4, 0.5) is 5.95 Å². The van der Waals surface area contributed by atoms with Crippen LogP contribution in [-0.4, -0.2) is 69.7 Å². The molecular formula is C13H25N5O2S. The van der Waals surface area contributed by atoms with Crippen molar-refractivity contribution in [3.05, 3.63) is 0 Å². The summed E-state index contributed by atoms with van der Waals surface area (Å²) in [6.45, 7) is 8.73. The van der Waals surface area contributed by atoms with Gasteiger partial charge in [0, 0.05) is 25.7 Å². The van der Waals surface area contributed by atoms with Gasteiger partial charge in [-0.25, -0.2) is 0 Å². The highest BCUT2D eigenvalue weighted by Gasteiger charge is 2.21. The average molecular weight is 315 g/mol. The fourth-order valence-corrected chi connectivity index (χ4v) is 3.00. The molecule has 1 aromatic heterocycles. The number of carboxylic acids is 1. The predicted octanol–water partition coefficient (Wildman–Crippen LogP) is 1.25. The zero-order valence-corrected chi connectivity index (χ0v) is 14.2. The second-order valence-electron chi connectivity index (χ2n) is 5.11. The number of hydrogen-bond donors (Lipinski definition) is 1. The lowest BCUT2D eigenvalue weighted by molar-refractivity contribution is -0.133. The van der Waals surface area contributed by atoms with E-state index in [1.807, 2.05) is 25.6 Å². The van der Waals surface area contributed by atoms with Gasteiger partial charge in [-0.3, -0.25) is 9.36 Å². The number of aromatic nitrogens is 3. The van der Waals surface area contributed by atoms with Crippen LogP contribution in [0.25, 0.3) is 0 Å². The van der Waals surface area contributed by atoms with E-state index in [0.29, 0.717) is 11.2 Å². The van der Waals surface area contributed by atoms with Gasteiger partial charge in [-0.15, -0.1) is 10.2 Å². The molecular weight excluding hydrogens is 290 g/mol. The molecule has 1 unspecified atom stereocenters. The second kappa shape index (κ2) is 8.23. The Labute approximate surface area is 130 Å². The number of nitrogens with zero attached hydrogens (tertiary/aromatic N) is 5. The van der Waals surface area contributed by atoms with Crippen LogP contribution in [0.5, 0.6) is 0 Å². The second-order valence-corrected chi connectivity index (χ2v) is 6.05. The van der Waals surface area contributed by atoms with E-state index < -0.39 is 5.97 Å². The first kappa shape index (κ1) is 17.8. The molecule has 0 radical (unpaired) electrons. The van der Waals surface area contributed by atoms with E-state index in [9.17, 15) is 4.79 Å². The molecule has 1 heterocycles. The summed E-state index contributed by atoms with van der Waals surface area (Å²) in [5.41, 5.74) is 0. The minimum atomic E-state index is -0.847. The highest BCUT2D eigenvalue weighted by Crippen LogP contribution is 2.23. The third-order valence-electron chi connectivity index (χ3n) is 3.10. The molecule has 1 atom stereocenters. The van der Waals surface area contributed by atoms with E-state index in [1.54, 1.807) is 0 Å². The third-order valence-corrected chi connectivity index (χ3v) is 4.05. The molecule has 0 saturated carbocycles. The summed E-state index contributed by atoms with van der Waals surface area (Å²) in [5, 5.41) is 17.9. The number of anilines is 1. The van der Waals surface area contributed by atoms with E-state index in [2.05, 4.69) is 33.8 Å². The van der Waals surface area contributed by atoms with E-state index >= 15 is 0 Å². The fourth-order valence-electron chi connectivity index (χ4n) is 2.28. The normalized spacial score (nSPS) is 12.7. The molecule has 0 bridgehead atoms. The minimum Gasteiger partial charge on any atom is -0.481 e. The molecule has 0 spiro atoms. The molecule has 1 rings (SSSR count). The van der Waals surface area contributed by atoms with Gasteiger partial charge in [-0.2, -0.15) is 0 Å². The first-order valence-corrected chi connectivity index (χ1v) is 8.08. The molecule has 0 aliphatic carbocycles. The van der Waals surface area contributed by atoms with Crippen LogP contribution >= 0.6 is 11.8 Å². The Morgan fingerprint density at radius 1 is 1.38 bits per heavy atom. The van der Waals surface area contributed by atoms with Gasteiger partial charge in [0.25, 0.3) is 0 Å². The largest absolute Gasteiger partial charge is 0.481 e. The van der Waals surface area contributed by atoms with Crippen LogP contribution in [0.1, 0.15) is 20.8 Å². The number of hydrogen-bond acceptors (Lipinski definition) is 6. The van der Waals surface area contributed by atoms with Crippen LogP contribution in [0.15, 0.2) is 5.16 Å². The molecule has 8 heteroatoms. The Morgan fingerprint density at radius 3 is 2.52 bits per heavy atom. The SMILES string of the molecule is CCN(c1nnc(SCC(=O)O)n1CC)C(C)CN(C)C. The lowest BCUT2D eigenvalue weighted by Gasteiger charge is -2.30. The maximum absolute atomic E-state index is 10.7. The maximum Gasteiger partial charge on any atom is 0.313 e. The molecule has 0 aromatic carbocycles. The van der Waals surface area contributed by atoms with E-state index in [0.717, 1.165) is 25.6 Å². The van der Waals surface area contributed by atoms with Crippen LogP contribution in [0.3, 0.4) is 0 Å². The van der Waals surface area contributed by atoms with Gasteiger partial charge in [0.2, 0.25) is 5.95 Å². The molecule has 1 N–H and O–H groups in total. The fraction of sp³-hybridized carbons (Fsp3) is 0.769. The smallest absolute Gasteiger partial charge is 0.313 e. The molecule has 0 amide bonds. The van der Waals surface area contributed by atoms with Gasteiger partial charge in [-0.1, -0.05) is 11.8 Å². The minimum absolute atomic E-state index is 0.00247. The standard InChI is InChI=1S/C13H25N5O2S/c1-6-17(10(3)8-16(4)5)12-14-15-13(18(12)7-2)21-9-11(19)20/h10H,6-9H2,1-5H3,(H,19,20).